The van der Waals surface area contributed by atoms with Crippen molar-refractivity contribution in [2.24, 2.45) is 0 Å². The van der Waals surface area contributed by atoms with E-state index in [0.717, 1.165) is 22.0 Å². The van der Waals surface area contributed by atoms with Crippen molar-refractivity contribution < 1.29 is 0 Å². The van der Waals surface area contributed by atoms with Crippen molar-refractivity contribution in [3.63, 3.8) is 0 Å². The summed E-state index contributed by atoms with van der Waals surface area (Å²) < 4.78 is 0. The van der Waals surface area contributed by atoms with E-state index in [1.54, 1.807) is 11.8 Å². The van der Waals surface area contributed by atoms with Crippen LogP contribution in [0.1, 0.15) is 22.3 Å². The zero-order valence-corrected chi connectivity index (χ0v) is 14.5. The first kappa shape index (κ1) is 15.8. The second-order valence-electron chi connectivity index (χ2n) is 5.83. The highest BCUT2D eigenvalue weighted by atomic mass is 32.2. The van der Waals surface area contributed by atoms with Crippen molar-refractivity contribution in [1.29, 1.82) is 0 Å². The number of aryl methyl sites for hydroxylation is 3. The largest absolute Gasteiger partial charge is 0.149 e. The van der Waals surface area contributed by atoms with Crippen molar-refractivity contribution >= 4 is 11.8 Å². The molecule has 116 valence electrons. The van der Waals surface area contributed by atoms with E-state index in [2.05, 4.69) is 85.6 Å². The van der Waals surface area contributed by atoms with Gasteiger partial charge in [0.25, 0.3) is 0 Å². The van der Waals surface area contributed by atoms with Crippen LogP contribution in [0.5, 0.6) is 0 Å². The Kier molecular flexibility index (Phi) is 4.77. The first-order valence-corrected chi connectivity index (χ1v) is 8.70. The van der Waals surface area contributed by atoms with Gasteiger partial charge in [0.2, 0.25) is 0 Å². The van der Waals surface area contributed by atoms with Crippen LogP contribution in [0.15, 0.2) is 59.6 Å². The van der Waals surface area contributed by atoms with Crippen molar-refractivity contribution in [2.75, 3.05) is 0 Å². The van der Waals surface area contributed by atoms with Gasteiger partial charge in [-0.05, 0) is 55.7 Å². The number of nitrogens with zero attached hydrogens (tertiary/aromatic N) is 2. The fraction of sp³-hybridized carbons (Fsp3) is 0.200. The number of aromatic nitrogens is 2. The van der Waals surface area contributed by atoms with Crippen LogP contribution in [-0.4, -0.2) is 10.2 Å². The Balaban J connectivity index is 1.70. The van der Waals surface area contributed by atoms with Gasteiger partial charge in [-0.3, -0.25) is 0 Å². The lowest BCUT2D eigenvalue weighted by Crippen LogP contribution is -1.91. The molecule has 0 unspecified atom stereocenters. The van der Waals surface area contributed by atoms with Gasteiger partial charge in [-0.1, -0.05) is 53.7 Å². The smallest absolute Gasteiger partial charge is 0.119 e. The Bertz CT molecular complexity index is 810. The lowest BCUT2D eigenvalue weighted by atomic mass is 10.0. The molecule has 1 heterocycles. The molecule has 0 saturated carbocycles. The van der Waals surface area contributed by atoms with Crippen molar-refractivity contribution in [3.8, 4) is 11.3 Å². The van der Waals surface area contributed by atoms with Gasteiger partial charge in [0.05, 0.1) is 5.69 Å². The summed E-state index contributed by atoms with van der Waals surface area (Å²) in [5, 5.41) is 9.69. The van der Waals surface area contributed by atoms with E-state index in [0.29, 0.717) is 0 Å². The Labute approximate surface area is 142 Å². The van der Waals surface area contributed by atoms with Crippen LogP contribution in [-0.2, 0) is 5.75 Å². The molecule has 0 amide bonds. The van der Waals surface area contributed by atoms with E-state index in [1.165, 1.54) is 22.3 Å². The average Bonchev–Trinajstić information content (AvgIpc) is 2.56. The Morgan fingerprint density at radius 2 is 1.70 bits per heavy atom. The van der Waals surface area contributed by atoms with Crippen LogP contribution < -0.4 is 0 Å². The van der Waals surface area contributed by atoms with Gasteiger partial charge in [0.15, 0.2) is 0 Å². The summed E-state index contributed by atoms with van der Waals surface area (Å²) in [6.07, 6.45) is 0. The predicted molar refractivity (Wildman–Crippen MR) is 97.7 cm³/mol. The van der Waals surface area contributed by atoms with Crippen LogP contribution in [0, 0.1) is 20.8 Å². The SMILES string of the molecule is Cc1cccc(CSc2ccc(-c3ccc(C)c(C)c3)nn2)c1. The van der Waals surface area contributed by atoms with Gasteiger partial charge in [-0.15, -0.1) is 10.2 Å². The average molecular weight is 320 g/mol. The van der Waals surface area contributed by atoms with Gasteiger partial charge < -0.3 is 0 Å². The minimum atomic E-state index is 0.916. The zero-order valence-electron chi connectivity index (χ0n) is 13.7. The highest BCUT2D eigenvalue weighted by Gasteiger charge is 2.04. The van der Waals surface area contributed by atoms with Gasteiger partial charge in [-0.25, -0.2) is 0 Å². The summed E-state index contributed by atoms with van der Waals surface area (Å²) in [5.41, 5.74) is 7.23. The van der Waals surface area contributed by atoms with Crippen LogP contribution in [0.25, 0.3) is 11.3 Å². The van der Waals surface area contributed by atoms with Gasteiger partial charge >= 0.3 is 0 Å². The number of hydrogen-bond acceptors (Lipinski definition) is 3. The van der Waals surface area contributed by atoms with Crippen LogP contribution in [0.3, 0.4) is 0 Å². The van der Waals surface area contributed by atoms with Crippen LogP contribution in [0.2, 0.25) is 0 Å². The number of benzene rings is 2. The number of hydrogen-bond donors (Lipinski definition) is 0. The monoisotopic (exact) mass is 320 g/mol. The van der Waals surface area contributed by atoms with Crippen LogP contribution in [0.4, 0.5) is 0 Å². The zero-order chi connectivity index (χ0) is 16.2. The maximum absolute atomic E-state index is 4.38. The molecule has 3 heteroatoms. The summed E-state index contributed by atoms with van der Waals surface area (Å²) in [7, 11) is 0. The fourth-order valence-electron chi connectivity index (χ4n) is 2.41. The third-order valence-corrected chi connectivity index (χ3v) is 4.90. The normalized spacial score (nSPS) is 10.7. The highest BCUT2D eigenvalue weighted by Crippen LogP contribution is 2.24. The molecular weight excluding hydrogens is 300 g/mol. The topological polar surface area (TPSA) is 25.8 Å². The minimum absolute atomic E-state index is 0.916. The molecule has 0 aliphatic heterocycles. The molecule has 1 aromatic heterocycles. The van der Waals surface area contributed by atoms with Crippen LogP contribution >= 0.6 is 11.8 Å². The van der Waals surface area contributed by atoms with Crippen molar-refractivity contribution in [1.82, 2.24) is 10.2 Å². The van der Waals surface area contributed by atoms with Crippen molar-refractivity contribution in [2.45, 2.75) is 31.6 Å². The van der Waals surface area contributed by atoms with E-state index in [-0.39, 0.29) is 0 Å². The Morgan fingerprint density at radius 1 is 0.826 bits per heavy atom. The molecule has 0 aliphatic carbocycles. The van der Waals surface area contributed by atoms with Crippen molar-refractivity contribution in [3.05, 3.63) is 76.9 Å². The molecule has 0 saturated heterocycles. The predicted octanol–water partition coefficient (Wildman–Crippen LogP) is 5.36. The lowest BCUT2D eigenvalue weighted by Gasteiger charge is -2.06. The number of rotatable bonds is 4. The van der Waals surface area contributed by atoms with Gasteiger partial charge in [-0.2, -0.15) is 0 Å². The summed E-state index contributed by atoms with van der Waals surface area (Å²) in [6, 6.07) is 19.1. The number of thioether (sulfide) groups is 1. The quantitative estimate of drug-likeness (QED) is 0.605. The molecule has 0 spiro atoms. The summed E-state index contributed by atoms with van der Waals surface area (Å²) in [6.45, 7) is 6.36. The Hall–Kier alpha value is -2.13. The second kappa shape index (κ2) is 6.97. The molecule has 3 aromatic rings. The standard InChI is InChI=1S/C20H20N2S/c1-14-5-4-6-17(11-14)13-23-20-10-9-19(21-22-20)18-8-7-15(2)16(3)12-18/h4-12H,13H2,1-3H3. The molecule has 0 atom stereocenters. The molecule has 3 rings (SSSR count). The highest BCUT2D eigenvalue weighted by molar-refractivity contribution is 7.98. The van der Waals surface area contributed by atoms with E-state index < -0.39 is 0 Å². The van der Waals surface area contributed by atoms with E-state index in [9.17, 15) is 0 Å². The van der Waals surface area contributed by atoms with Gasteiger partial charge in [0.1, 0.15) is 5.03 Å². The second-order valence-corrected chi connectivity index (χ2v) is 6.83. The first-order valence-electron chi connectivity index (χ1n) is 7.71. The molecule has 0 bridgehead atoms. The third kappa shape index (κ3) is 3.99. The Morgan fingerprint density at radius 3 is 2.39 bits per heavy atom. The van der Waals surface area contributed by atoms with Gasteiger partial charge in [0, 0.05) is 11.3 Å². The van der Waals surface area contributed by atoms with E-state index in [4.69, 9.17) is 0 Å². The summed E-state index contributed by atoms with van der Waals surface area (Å²) in [5.74, 6) is 0.916. The maximum atomic E-state index is 4.38. The summed E-state index contributed by atoms with van der Waals surface area (Å²) >= 11 is 1.72. The minimum Gasteiger partial charge on any atom is -0.149 e. The molecule has 0 aliphatic rings. The van der Waals surface area contributed by atoms with E-state index in [1.807, 2.05) is 0 Å². The fourth-order valence-corrected chi connectivity index (χ4v) is 3.17. The molecule has 0 N–H and O–H groups in total. The first-order chi connectivity index (χ1) is 11.1. The molecule has 2 aromatic carbocycles. The molecule has 0 fully saturated rings. The molecule has 23 heavy (non-hydrogen) atoms. The lowest BCUT2D eigenvalue weighted by molar-refractivity contribution is 0.935. The third-order valence-electron chi connectivity index (χ3n) is 3.91. The maximum Gasteiger partial charge on any atom is 0.119 e. The summed E-state index contributed by atoms with van der Waals surface area (Å²) in [4.78, 5) is 0. The molecular formula is C20H20N2S. The molecule has 0 radical (unpaired) electrons. The van der Waals surface area contributed by atoms with E-state index >= 15 is 0 Å². The molecule has 2 nitrogen and oxygen atoms in total.